The molecule has 0 aliphatic carbocycles. The van der Waals surface area contributed by atoms with Gasteiger partial charge in [-0.15, -0.1) is 6.42 Å². The second-order valence-corrected chi connectivity index (χ2v) is 4.38. The van der Waals surface area contributed by atoms with E-state index in [2.05, 4.69) is 54.3 Å². The predicted octanol–water partition coefficient (Wildman–Crippen LogP) is 2.29. The summed E-state index contributed by atoms with van der Waals surface area (Å²) in [6.45, 7) is 9.01. The maximum Gasteiger partial charge on any atom is 0.0601 e. The van der Waals surface area contributed by atoms with Crippen LogP contribution in [-0.2, 0) is 13.0 Å². The van der Waals surface area contributed by atoms with Gasteiger partial charge in [0, 0.05) is 6.54 Å². The maximum atomic E-state index is 5.39. The van der Waals surface area contributed by atoms with Crippen molar-refractivity contribution in [2.75, 3.05) is 26.2 Å². The third-order valence-electron chi connectivity index (χ3n) is 3.10. The first-order valence-electron chi connectivity index (χ1n) is 6.75. The summed E-state index contributed by atoms with van der Waals surface area (Å²) in [4.78, 5) is 2.28. The molecule has 0 bridgehead atoms. The van der Waals surface area contributed by atoms with Crippen LogP contribution in [0.3, 0.4) is 0 Å². The van der Waals surface area contributed by atoms with Crippen molar-refractivity contribution in [2.24, 2.45) is 0 Å². The molecule has 2 nitrogen and oxygen atoms in total. The van der Waals surface area contributed by atoms with Gasteiger partial charge in [0.05, 0.1) is 6.54 Å². The van der Waals surface area contributed by atoms with Crippen LogP contribution in [0.25, 0.3) is 0 Å². The van der Waals surface area contributed by atoms with E-state index in [4.69, 9.17) is 6.42 Å². The largest absolute Gasteiger partial charge is 0.317 e. The van der Waals surface area contributed by atoms with Crippen molar-refractivity contribution in [3.05, 3.63) is 35.4 Å². The summed E-state index contributed by atoms with van der Waals surface area (Å²) < 4.78 is 0. The molecule has 1 rings (SSSR count). The van der Waals surface area contributed by atoms with E-state index < -0.39 is 0 Å². The molecule has 0 atom stereocenters. The minimum absolute atomic E-state index is 0.720. The molecule has 1 aromatic carbocycles. The Morgan fingerprint density at radius 2 is 1.94 bits per heavy atom. The first-order chi connectivity index (χ1) is 8.81. The summed E-state index contributed by atoms with van der Waals surface area (Å²) in [5, 5.41) is 3.37. The van der Waals surface area contributed by atoms with Crippen molar-refractivity contribution < 1.29 is 0 Å². The van der Waals surface area contributed by atoms with Gasteiger partial charge in [-0.25, -0.2) is 0 Å². The SMILES string of the molecule is C#CCN(CC)Cc1ccccc1CCNCC. The summed E-state index contributed by atoms with van der Waals surface area (Å²) in [6.07, 6.45) is 6.47. The van der Waals surface area contributed by atoms with E-state index in [1.165, 1.54) is 11.1 Å². The standard InChI is InChI=1S/C16H24N2/c1-4-13-18(6-3)14-16-10-8-7-9-15(16)11-12-17-5-2/h1,7-10,17H,5-6,11-14H2,2-3H3. The Labute approximate surface area is 111 Å². The molecule has 0 heterocycles. The Bertz CT molecular complexity index is 379. The number of hydrogen-bond donors (Lipinski definition) is 1. The fourth-order valence-electron chi connectivity index (χ4n) is 2.00. The van der Waals surface area contributed by atoms with Gasteiger partial charge in [-0.1, -0.05) is 44.0 Å². The number of rotatable bonds is 8. The summed E-state index contributed by atoms with van der Waals surface area (Å²) in [5.41, 5.74) is 2.82. The molecule has 18 heavy (non-hydrogen) atoms. The van der Waals surface area contributed by atoms with Crippen LogP contribution in [-0.4, -0.2) is 31.1 Å². The van der Waals surface area contributed by atoms with E-state index in [-0.39, 0.29) is 0 Å². The Balaban J connectivity index is 2.66. The molecule has 0 aromatic heterocycles. The van der Waals surface area contributed by atoms with E-state index in [0.717, 1.165) is 39.1 Å². The van der Waals surface area contributed by atoms with Gasteiger partial charge >= 0.3 is 0 Å². The third-order valence-corrected chi connectivity index (χ3v) is 3.10. The molecule has 0 saturated carbocycles. The van der Waals surface area contributed by atoms with E-state index in [1.54, 1.807) is 0 Å². The van der Waals surface area contributed by atoms with Crippen molar-refractivity contribution in [1.29, 1.82) is 0 Å². The lowest BCUT2D eigenvalue weighted by molar-refractivity contribution is 0.315. The zero-order chi connectivity index (χ0) is 13.2. The number of likely N-dealkylation sites (N-methyl/N-ethyl adjacent to an activating group) is 1. The topological polar surface area (TPSA) is 15.3 Å². The van der Waals surface area contributed by atoms with Gasteiger partial charge in [0.1, 0.15) is 0 Å². The van der Waals surface area contributed by atoms with E-state index >= 15 is 0 Å². The lowest BCUT2D eigenvalue weighted by Gasteiger charge is -2.19. The highest BCUT2D eigenvalue weighted by Crippen LogP contribution is 2.12. The van der Waals surface area contributed by atoms with Crippen LogP contribution in [0, 0.1) is 12.3 Å². The van der Waals surface area contributed by atoms with E-state index in [0.29, 0.717) is 0 Å². The summed E-state index contributed by atoms with van der Waals surface area (Å²) in [6, 6.07) is 8.65. The van der Waals surface area contributed by atoms with Crippen LogP contribution in [0.4, 0.5) is 0 Å². The van der Waals surface area contributed by atoms with E-state index in [1.807, 2.05) is 0 Å². The van der Waals surface area contributed by atoms with Gasteiger partial charge in [-0.2, -0.15) is 0 Å². The molecule has 1 aromatic rings. The molecule has 0 unspecified atom stereocenters. The van der Waals surface area contributed by atoms with Gasteiger partial charge < -0.3 is 5.32 Å². The molecule has 2 heteroatoms. The van der Waals surface area contributed by atoms with Crippen molar-refractivity contribution in [3.63, 3.8) is 0 Å². The van der Waals surface area contributed by atoms with E-state index in [9.17, 15) is 0 Å². The minimum atomic E-state index is 0.720. The lowest BCUT2D eigenvalue weighted by atomic mass is 10.0. The predicted molar refractivity (Wildman–Crippen MR) is 78.5 cm³/mol. The molecular weight excluding hydrogens is 220 g/mol. The number of hydrogen-bond acceptors (Lipinski definition) is 2. The average molecular weight is 244 g/mol. The van der Waals surface area contributed by atoms with Crippen LogP contribution < -0.4 is 5.32 Å². The maximum absolute atomic E-state index is 5.39. The molecule has 0 amide bonds. The van der Waals surface area contributed by atoms with Gasteiger partial charge in [0.25, 0.3) is 0 Å². The Kier molecular flexibility index (Phi) is 7.17. The normalized spacial score (nSPS) is 10.6. The van der Waals surface area contributed by atoms with Crippen molar-refractivity contribution in [2.45, 2.75) is 26.8 Å². The van der Waals surface area contributed by atoms with Crippen LogP contribution in [0.15, 0.2) is 24.3 Å². The molecule has 0 fully saturated rings. The van der Waals surface area contributed by atoms with Crippen LogP contribution in [0.5, 0.6) is 0 Å². The van der Waals surface area contributed by atoms with Crippen molar-refractivity contribution >= 4 is 0 Å². The average Bonchev–Trinajstić information content (AvgIpc) is 2.40. The van der Waals surface area contributed by atoms with Gasteiger partial charge in [-0.3, -0.25) is 4.90 Å². The molecule has 0 aliphatic rings. The van der Waals surface area contributed by atoms with Gasteiger partial charge in [-0.05, 0) is 37.2 Å². The number of terminal acetylenes is 1. The fraction of sp³-hybridized carbons (Fsp3) is 0.500. The molecule has 0 spiro atoms. The fourth-order valence-corrected chi connectivity index (χ4v) is 2.00. The van der Waals surface area contributed by atoms with Crippen LogP contribution in [0.1, 0.15) is 25.0 Å². The second-order valence-electron chi connectivity index (χ2n) is 4.38. The quantitative estimate of drug-likeness (QED) is 0.557. The Morgan fingerprint density at radius 1 is 1.22 bits per heavy atom. The zero-order valence-corrected chi connectivity index (χ0v) is 11.6. The molecule has 98 valence electrons. The number of nitrogens with one attached hydrogen (secondary N) is 1. The summed E-state index contributed by atoms with van der Waals surface area (Å²) in [7, 11) is 0. The monoisotopic (exact) mass is 244 g/mol. The first-order valence-corrected chi connectivity index (χ1v) is 6.75. The highest BCUT2D eigenvalue weighted by Gasteiger charge is 2.06. The Hall–Kier alpha value is -1.30. The Morgan fingerprint density at radius 3 is 2.56 bits per heavy atom. The van der Waals surface area contributed by atoms with Crippen molar-refractivity contribution in [3.8, 4) is 12.3 Å². The third kappa shape index (κ3) is 4.91. The number of nitrogens with zero attached hydrogens (tertiary/aromatic N) is 1. The molecule has 0 radical (unpaired) electrons. The molecular formula is C16H24N2. The van der Waals surface area contributed by atoms with Crippen molar-refractivity contribution in [1.82, 2.24) is 10.2 Å². The second kappa shape index (κ2) is 8.74. The highest BCUT2D eigenvalue weighted by molar-refractivity contribution is 5.27. The minimum Gasteiger partial charge on any atom is -0.317 e. The first kappa shape index (κ1) is 14.8. The molecule has 0 saturated heterocycles. The molecule has 1 N–H and O–H groups in total. The van der Waals surface area contributed by atoms with Crippen LogP contribution in [0.2, 0.25) is 0 Å². The summed E-state index contributed by atoms with van der Waals surface area (Å²) in [5.74, 6) is 2.72. The van der Waals surface area contributed by atoms with Crippen LogP contribution >= 0.6 is 0 Å². The summed E-state index contributed by atoms with van der Waals surface area (Å²) >= 11 is 0. The lowest BCUT2D eigenvalue weighted by Crippen LogP contribution is -2.24. The van der Waals surface area contributed by atoms with Gasteiger partial charge in [0.2, 0.25) is 0 Å². The molecule has 0 aliphatic heterocycles. The smallest absolute Gasteiger partial charge is 0.0601 e. The number of benzene rings is 1. The highest BCUT2D eigenvalue weighted by atomic mass is 15.1. The van der Waals surface area contributed by atoms with Gasteiger partial charge in [0.15, 0.2) is 0 Å². The zero-order valence-electron chi connectivity index (χ0n) is 11.6.